The number of nitrogens with zero attached hydrogens (tertiary/aromatic N) is 5. The molecular weight excluding hydrogens is 474 g/mol. The van der Waals surface area contributed by atoms with Crippen LogP contribution in [0.3, 0.4) is 0 Å². The summed E-state index contributed by atoms with van der Waals surface area (Å²) in [7, 11) is 1.67. The summed E-state index contributed by atoms with van der Waals surface area (Å²) >= 11 is 0. The molecule has 37 heavy (non-hydrogen) atoms. The predicted molar refractivity (Wildman–Crippen MR) is 138 cm³/mol. The fraction of sp³-hybridized carbons (Fsp3) is 0.481. The number of likely N-dealkylation sites (N-methyl/N-ethyl adjacent to an activating group) is 1. The Morgan fingerprint density at radius 3 is 2.86 bits per heavy atom. The first-order valence-electron chi connectivity index (χ1n) is 12.7. The maximum Gasteiger partial charge on any atom is 0.415 e. The Balaban J connectivity index is 1.51. The Kier molecular flexibility index (Phi) is 8.73. The number of aliphatic hydroxyl groups excluding tert-OH is 1. The van der Waals surface area contributed by atoms with Crippen molar-refractivity contribution >= 4 is 22.8 Å². The molecule has 0 saturated carbocycles. The van der Waals surface area contributed by atoms with Crippen molar-refractivity contribution in [3.05, 3.63) is 54.4 Å². The number of aryl methyl sites for hydroxylation is 1. The van der Waals surface area contributed by atoms with E-state index in [1.54, 1.807) is 22.7 Å². The summed E-state index contributed by atoms with van der Waals surface area (Å²) in [6.45, 7) is 5.11. The minimum atomic E-state index is -0.502. The molecule has 3 aromatic rings. The summed E-state index contributed by atoms with van der Waals surface area (Å²) in [4.78, 5) is 29.3. The Labute approximate surface area is 216 Å². The van der Waals surface area contributed by atoms with Gasteiger partial charge >= 0.3 is 6.09 Å². The van der Waals surface area contributed by atoms with E-state index in [1.165, 1.54) is 4.90 Å². The molecule has 0 fully saturated rings. The van der Waals surface area contributed by atoms with Crippen molar-refractivity contribution in [1.29, 1.82) is 0 Å². The van der Waals surface area contributed by atoms with Crippen LogP contribution < -0.4 is 4.74 Å². The number of carbonyl (C=O) groups excluding carboxylic acids is 2. The van der Waals surface area contributed by atoms with Crippen LogP contribution in [0.2, 0.25) is 0 Å². The van der Waals surface area contributed by atoms with Gasteiger partial charge in [0.15, 0.2) is 0 Å². The molecule has 0 spiro atoms. The zero-order valence-electron chi connectivity index (χ0n) is 21.6. The van der Waals surface area contributed by atoms with E-state index in [9.17, 15) is 14.7 Å². The Bertz CT molecular complexity index is 1210. The predicted octanol–water partition coefficient (Wildman–Crippen LogP) is 3.09. The van der Waals surface area contributed by atoms with Crippen LogP contribution in [0.15, 0.2) is 48.7 Å². The first kappa shape index (κ1) is 26.6. The smallest absolute Gasteiger partial charge is 0.410 e. The standard InChI is InChI=1S/C27H35N5O5/c1-19-14-32(20(2)17-33)26(34)12-7-13-31-15-22(28-29-31)18-36-25(19)16-30(3)27(35)37-24-11-6-9-21-8-4-5-10-23(21)24/h4-6,8-11,15,19-20,25,33H,7,12-14,16-18H2,1-3H3/t19-,20-,25+/m1/s1. The number of aliphatic hydroxyl groups is 1. The molecule has 198 valence electrons. The zero-order valence-corrected chi connectivity index (χ0v) is 21.6. The molecule has 0 aliphatic carbocycles. The molecule has 1 aliphatic heterocycles. The number of ether oxygens (including phenoxy) is 2. The van der Waals surface area contributed by atoms with E-state index in [1.807, 2.05) is 56.4 Å². The second kappa shape index (κ2) is 12.2. The largest absolute Gasteiger partial charge is 0.415 e. The van der Waals surface area contributed by atoms with E-state index in [0.29, 0.717) is 37.4 Å². The maximum absolute atomic E-state index is 13.1. The highest BCUT2D eigenvalue weighted by atomic mass is 16.6. The molecule has 4 rings (SSSR count). The molecule has 1 aliphatic rings. The summed E-state index contributed by atoms with van der Waals surface area (Å²) < 4.78 is 13.7. The monoisotopic (exact) mass is 509 g/mol. The van der Waals surface area contributed by atoms with Crippen LogP contribution in [-0.2, 0) is 22.7 Å². The van der Waals surface area contributed by atoms with Gasteiger partial charge in [-0.1, -0.05) is 48.5 Å². The van der Waals surface area contributed by atoms with Gasteiger partial charge in [0.2, 0.25) is 5.91 Å². The Hall–Kier alpha value is -3.50. The van der Waals surface area contributed by atoms with Crippen molar-refractivity contribution in [2.45, 2.75) is 52.0 Å². The van der Waals surface area contributed by atoms with E-state index in [2.05, 4.69) is 10.3 Å². The number of rotatable bonds is 5. The van der Waals surface area contributed by atoms with Crippen molar-refractivity contribution in [3.8, 4) is 5.75 Å². The van der Waals surface area contributed by atoms with Gasteiger partial charge in [0.05, 0.1) is 38.1 Å². The number of benzene rings is 2. The van der Waals surface area contributed by atoms with Crippen LogP contribution in [0.5, 0.6) is 5.75 Å². The Morgan fingerprint density at radius 2 is 2.05 bits per heavy atom. The quantitative estimate of drug-likeness (QED) is 0.563. The van der Waals surface area contributed by atoms with E-state index in [0.717, 1.165) is 10.8 Å². The van der Waals surface area contributed by atoms with Gasteiger partial charge in [-0.05, 0) is 24.8 Å². The maximum atomic E-state index is 13.1. The lowest BCUT2D eigenvalue weighted by molar-refractivity contribution is -0.136. The van der Waals surface area contributed by atoms with Crippen LogP contribution in [0.25, 0.3) is 10.8 Å². The molecule has 2 amide bonds. The molecule has 3 atom stereocenters. The molecule has 10 heteroatoms. The van der Waals surface area contributed by atoms with E-state index < -0.39 is 12.2 Å². The molecule has 10 nitrogen and oxygen atoms in total. The lowest BCUT2D eigenvalue weighted by atomic mass is 10.0. The van der Waals surface area contributed by atoms with Crippen LogP contribution in [-0.4, -0.2) is 80.8 Å². The summed E-state index contributed by atoms with van der Waals surface area (Å²) in [6.07, 6.45) is 1.86. The van der Waals surface area contributed by atoms with Crippen molar-refractivity contribution in [3.63, 3.8) is 0 Å². The average Bonchev–Trinajstić information content (AvgIpc) is 3.36. The van der Waals surface area contributed by atoms with Gasteiger partial charge in [-0.3, -0.25) is 9.48 Å². The molecule has 0 saturated heterocycles. The number of aromatic nitrogens is 3. The number of hydrogen-bond donors (Lipinski definition) is 1. The minimum absolute atomic E-state index is 0.0320. The third kappa shape index (κ3) is 6.64. The van der Waals surface area contributed by atoms with Crippen LogP contribution >= 0.6 is 0 Å². The van der Waals surface area contributed by atoms with E-state index in [-0.39, 0.29) is 37.6 Å². The van der Waals surface area contributed by atoms with Crippen LogP contribution in [0, 0.1) is 5.92 Å². The third-order valence-electron chi connectivity index (χ3n) is 6.76. The molecule has 0 unspecified atom stereocenters. The topological polar surface area (TPSA) is 110 Å². The van der Waals surface area contributed by atoms with E-state index >= 15 is 0 Å². The van der Waals surface area contributed by atoms with Gasteiger partial charge in [0, 0.05) is 37.9 Å². The molecule has 2 aromatic carbocycles. The lowest BCUT2D eigenvalue weighted by Crippen LogP contribution is -2.48. The summed E-state index contributed by atoms with van der Waals surface area (Å²) in [6, 6.07) is 13.0. The number of hydrogen-bond acceptors (Lipinski definition) is 7. The SMILES string of the molecule is C[C@@H]1CN([C@H](C)CO)C(=O)CCCn2cc(nn2)CO[C@H]1CN(C)C(=O)Oc1cccc2ccccc12. The fourth-order valence-electron chi connectivity index (χ4n) is 4.49. The zero-order chi connectivity index (χ0) is 26.4. The van der Waals surface area contributed by atoms with Gasteiger partial charge in [-0.25, -0.2) is 4.79 Å². The average molecular weight is 510 g/mol. The first-order valence-corrected chi connectivity index (χ1v) is 12.7. The molecule has 0 radical (unpaired) electrons. The first-order chi connectivity index (χ1) is 17.9. The summed E-state index contributed by atoms with van der Waals surface area (Å²) in [5.41, 5.74) is 0.685. The lowest BCUT2D eigenvalue weighted by Gasteiger charge is -2.35. The molecule has 2 bridgehead atoms. The van der Waals surface area contributed by atoms with Crippen molar-refractivity contribution < 1.29 is 24.2 Å². The third-order valence-corrected chi connectivity index (χ3v) is 6.76. The summed E-state index contributed by atoms with van der Waals surface area (Å²) in [5.74, 6) is 0.320. The number of fused-ring (bicyclic) bond motifs is 3. The van der Waals surface area contributed by atoms with Crippen molar-refractivity contribution in [2.24, 2.45) is 5.92 Å². The summed E-state index contributed by atoms with van der Waals surface area (Å²) in [5, 5.41) is 19.9. The van der Waals surface area contributed by atoms with Gasteiger partial charge in [-0.15, -0.1) is 5.10 Å². The van der Waals surface area contributed by atoms with E-state index in [4.69, 9.17) is 9.47 Å². The Morgan fingerprint density at radius 1 is 1.27 bits per heavy atom. The number of carbonyl (C=O) groups is 2. The fourth-order valence-corrected chi connectivity index (χ4v) is 4.49. The molecule has 2 heterocycles. The van der Waals surface area contributed by atoms with Crippen molar-refractivity contribution in [2.75, 3.05) is 26.7 Å². The van der Waals surface area contributed by atoms with Crippen molar-refractivity contribution in [1.82, 2.24) is 24.8 Å². The normalized spacial score (nSPS) is 20.0. The second-order valence-electron chi connectivity index (χ2n) is 9.71. The minimum Gasteiger partial charge on any atom is -0.410 e. The highest BCUT2D eigenvalue weighted by molar-refractivity contribution is 5.90. The van der Waals surface area contributed by atoms with Gasteiger partial charge < -0.3 is 24.4 Å². The van der Waals surface area contributed by atoms with Crippen LogP contribution in [0.1, 0.15) is 32.4 Å². The second-order valence-corrected chi connectivity index (χ2v) is 9.71. The highest BCUT2D eigenvalue weighted by Gasteiger charge is 2.29. The number of amides is 2. The van der Waals surface area contributed by atoms with Gasteiger partial charge in [0.1, 0.15) is 11.4 Å². The molecule has 1 aromatic heterocycles. The molecule has 1 N–H and O–H groups in total. The van der Waals surface area contributed by atoms with Gasteiger partial charge in [0.25, 0.3) is 0 Å². The van der Waals surface area contributed by atoms with Gasteiger partial charge in [-0.2, -0.15) is 0 Å². The highest BCUT2D eigenvalue weighted by Crippen LogP contribution is 2.26. The van der Waals surface area contributed by atoms with Crippen LogP contribution in [0.4, 0.5) is 4.79 Å². The molecular formula is C27H35N5O5.